The van der Waals surface area contributed by atoms with Crippen LogP contribution in [-0.2, 0) is 12.7 Å². The number of halogens is 4. The number of urea groups is 1. The Bertz CT molecular complexity index is 1100. The van der Waals surface area contributed by atoms with Crippen molar-refractivity contribution < 1.29 is 18.0 Å². The number of aromatic nitrogens is 4. The predicted octanol–water partition coefficient (Wildman–Crippen LogP) is 5.07. The SMILES string of the molecule is Cc1nnc([C@H]2CCCN2C(=O)Nc2ccc(C(F)(F)F)cn2)n1Cc1ccc(Cl)cc1. The molecule has 0 unspecified atom stereocenters. The molecular weight excluding hydrogens is 445 g/mol. The average molecular weight is 465 g/mol. The molecule has 1 N–H and O–H groups in total. The number of carbonyl (C=O) groups excluding carboxylic acids is 1. The summed E-state index contributed by atoms with van der Waals surface area (Å²) in [5.74, 6) is 1.42. The van der Waals surface area contributed by atoms with Crippen LogP contribution < -0.4 is 5.32 Å². The van der Waals surface area contributed by atoms with E-state index in [1.165, 1.54) is 0 Å². The first-order valence-corrected chi connectivity index (χ1v) is 10.3. The summed E-state index contributed by atoms with van der Waals surface area (Å²) in [6.45, 7) is 2.86. The first-order chi connectivity index (χ1) is 15.2. The highest BCUT2D eigenvalue weighted by Crippen LogP contribution is 2.33. The van der Waals surface area contributed by atoms with Crippen molar-refractivity contribution in [1.29, 1.82) is 0 Å². The van der Waals surface area contributed by atoms with Gasteiger partial charge >= 0.3 is 12.2 Å². The zero-order chi connectivity index (χ0) is 22.9. The molecule has 0 saturated carbocycles. The third-order valence-corrected chi connectivity index (χ3v) is 5.61. The number of alkyl halides is 3. The van der Waals surface area contributed by atoms with Crippen molar-refractivity contribution in [3.05, 3.63) is 70.4 Å². The van der Waals surface area contributed by atoms with Crippen molar-refractivity contribution in [2.75, 3.05) is 11.9 Å². The van der Waals surface area contributed by atoms with Gasteiger partial charge in [0.25, 0.3) is 0 Å². The minimum absolute atomic E-state index is 0.0486. The highest BCUT2D eigenvalue weighted by atomic mass is 35.5. The molecule has 7 nitrogen and oxygen atoms in total. The monoisotopic (exact) mass is 464 g/mol. The summed E-state index contributed by atoms with van der Waals surface area (Å²) >= 11 is 5.97. The molecule has 1 aromatic carbocycles. The second kappa shape index (κ2) is 8.78. The molecular formula is C21H20ClF3N6O. The first-order valence-electron chi connectivity index (χ1n) is 9.97. The molecule has 1 aliphatic rings. The summed E-state index contributed by atoms with van der Waals surface area (Å²) in [7, 11) is 0. The fourth-order valence-corrected chi connectivity index (χ4v) is 3.83. The summed E-state index contributed by atoms with van der Waals surface area (Å²) in [4.78, 5) is 18.2. The van der Waals surface area contributed by atoms with Gasteiger partial charge in [-0.05, 0) is 49.6 Å². The highest BCUT2D eigenvalue weighted by Gasteiger charge is 2.35. The topological polar surface area (TPSA) is 75.9 Å². The van der Waals surface area contributed by atoms with Gasteiger partial charge in [-0.25, -0.2) is 9.78 Å². The standard InChI is InChI=1S/C21H20ClF3N6O/c1-13-28-29-19(31(13)12-14-4-7-16(22)8-5-14)17-3-2-10-30(17)20(32)27-18-9-6-15(11-26-18)21(23,24)25/h4-9,11,17H,2-3,10,12H2,1H3,(H,26,27,32)/t17-/m1/s1. The molecule has 2 amide bonds. The summed E-state index contributed by atoms with van der Waals surface area (Å²) in [5.41, 5.74) is 0.141. The maximum atomic E-state index is 12.9. The Hall–Kier alpha value is -3.14. The fraction of sp³-hybridized carbons (Fsp3) is 0.333. The largest absolute Gasteiger partial charge is 0.417 e. The second-order valence-corrected chi connectivity index (χ2v) is 7.97. The number of rotatable bonds is 4. The summed E-state index contributed by atoms with van der Waals surface area (Å²) < 4.78 is 40.1. The Morgan fingerprint density at radius 2 is 1.94 bits per heavy atom. The van der Waals surface area contributed by atoms with E-state index in [0.717, 1.165) is 24.1 Å². The Morgan fingerprint density at radius 1 is 1.19 bits per heavy atom. The molecule has 168 valence electrons. The molecule has 1 aliphatic heterocycles. The summed E-state index contributed by atoms with van der Waals surface area (Å²) in [6.07, 6.45) is -2.32. The van der Waals surface area contributed by atoms with Gasteiger partial charge in [0.1, 0.15) is 11.6 Å². The molecule has 1 fully saturated rings. The molecule has 11 heteroatoms. The van der Waals surface area contributed by atoms with Gasteiger partial charge < -0.3 is 9.47 Å². The lowest BCUT2D eigenvalue weighted by atomic mass is 10.2. The predicted molar refractivity (Wildman–Crippen MR) is 112 cm³/mol. The number of amides is 2. The number of likely N-dealkylation sites (tertiary alicyclic amines) is 1. The van der Waals surface area contributed by atoms with Gasteiger partial charge in [-0.2, -0.15) is 13.2 Å². The maximum absolute atomic E-state index is 12.9. The van der Waals surface area contributed by atoms with Gasteiger partial charge in [0.05, 0.1) is 18.2 Å². The molecule has 0 bridgehead atoms. The summed E-state index contributed by atoms with van der Waals surface area (Å²) in [6, 6.07) is 8.72. The molecule has 3 aromatic rings. The van der Waals surface area contributed by atoms with Gasteiger partial charge in [-0.1, -0.05) is 23.7 Å². The lowest BCUT2D eigenvalue weighted by Crippen LogP contribution is -2.36. The smallest absolute Gasteiger partial charge is 0.314 e. The lowest BCUT2D eigenvalue weighted by molar-refractivity contribution is -0.137. The van der Waals surface area contributed by atoms with Gasteiger partial charge in [0, 0.05) is 17.8 Å². The van der Waals surface area contributed by atoms with E-state index in [2.05, 4.69) is 20.5 Å². The number of hydrogen-bond acceptors (Lipinski definition) is 4. The van der Waals surface area contributed by atoms with E-state index in [4.69, 9.17) is 11.6 Å². The van der Waals surface area contributed by atoms with Crippen LogP contribution in [0.5, 0.6) is 0 Å². The first kappa shape index (κ1) is 22.1. The molecule has 0 spiro atoms. The number of aryl methyl sites for hydroxylation is 1. The molecule has 2 aromatic heterocycles. The Kier molecular flexibility index (Phi) is 6.05. The number of carbonyl (C=O) groups is 1. The van der Waals surface area contributed by atoms with Crippen LogP contribution in [0.2, 0.25) is 5.02 Å². The Morgan fingerprint density at radius 3 is 2.59 bits per heavy atom. The van der Waals surface area contributed by atoms with Crippen molar-refractivity contribution in [2.45, 2.75) is 38.5 Å². The van der Waals surface area contributed by atoms with E-state index in [0.29, 0.717) is 42.4 Å². The Balaban J connectivity index is 1.51. The van der Waals surface area contributed by atoms with Crippen LogP contribution in [0.3, 0.4) is 0 Å². The van der Waals surface area contributed by atoms with Crippen molar-refractivity contribution >= 4 is 23.4 Å². The van der Waals surface area contributed by atoms with E-state index in [1.807, 2.05) is 35.8 Å². The minimum Gasteiger partial charge on any atom is -0.314 e. The van der Waals surface area contributed by atoms with Crippen LogP contribution in [0.15, 0.2) is 42.6 Å². The highest BCUT2D eigenvalue weighted by molar-refractivity contribution is 6.30. The maximum Gasteiger partial charge on any atom is 0.417 e. The number of pyridine rings is 1. The van der Waals surface area contributed by atoms with Crippen molar-refractivity contribution in [1.82, 2.24) is 24.6 Å². The van der Waals surface area contributed by atoms with E-state index in [-0.39, 0.29) is 11.9 Å². The van der Waals surface area contributed by atoms with Crippen LogP contribution in [0, 0.1) is 6.92 Å². The van der Waals surface area contributed by atoms with Crippen LogP contribution >= 0.6 is 11.6 Å². The van der Waals surface area contributed by atoms with E-state index in [9.17, 15) is 18.0 Å². The molecule has 1 saturated heterocycles. The quantitative estimate of drug-likeness (QED) is 0.584. The van der Waals surface area contributed by atoms with Crippen LogP contribution in [0.25, 0.3) is 0 Å². The molecule has 3 heterocycles. The molecule has 0 aliphatic carbocycles. The number of anilines is 1. The molecule has 4 rings (SSSR count). The average Bonchev–Trinajstić information content (AvgIpc) is 3.36. The zero-order valence-electron chi connectivity index (χ0n) is 17.1. The van der Waals surface area contributed by atoms with E-state index < -0.39 is 17.8 Å². The van der Waals surface area contributed by atoms with Gasteiger partial charge in [0.15, 0.2) is 5.82 Å². The van der Waals surface area contributed by atoms with E-state index in [1.54, 1.807) is 4.90 Å². The van der Waals surface area contributed by atoms with Crippen LogP contribution in [-0.4, -0.2) is 37.2 Å². The minimum atomic E-state index is -4.48. The number of nitrogens with zero attached hydrogens (tertiary/aromatic N) is 5. The van der Waals surface area contributed by atoms with Gasteiger partial charge in [-0.3, -0.25) is 5.32 Å². The van der Waals surface area contributed by atoms with Gasteiger partial charge in [0.2, 0.25) is 0 Å². The normalized spacial score (nSPS) is 16.4. The van der Waals surface area contributed by atoms with Crippen molar-refractivity contribution in [2.24, 2.45) is 0 Å². The van der Waals surface area contributed by atoms with Crippen molar-refractivity contribution in [3.63, 3.8) is 0 Å². The number of hydrogen-bond donors (Lipinski definition) is 1. The second-order valence-electron chi connectivity index (χ2n) is 7.53. The Labute approximate surface area is 187 Å². The van der Waals surface area contributed by atoms with Crippen LogP contribution in [0.1, 0.15) is 41.7 Å². The van der Waals surface area contributed by atoms with Crippen molar-refractivity contribution in [3.8, 4) is 0 Å². The lowest BCUT2D eigenvalue weighted by Gasteiger charge is -2.25. The number of benzene rings is 1. The molecule has 0 radical (unpaired) electrons. The third-order valence-electron chi connectivity index (χ3n) is 5.36. The fourth-order valence-electron chi connectivity index (χ4n) is 3.71. The van der Waals surface area contributed by atoms with E-state index >= 15 is 0 Å². The molecule has 1 atom stereocenters. The zero-order valence-corrected chi connectivity index (χ0v) is 17.9. The van der Waals surface area contributed by atoms with Crippen LogP contribution in [0.4, 0.5) is 23.8 Å². The van der Waals surface area contributed by atoms with Gasteiger partial charge in [-0.15, -0.1) is 10.2 Å². The molecule has 32 heavy (non-hydrogen) atoms. The summed E-state index contributed by atoms with van der Waals surface area (Å²) in [5, 5.41) is 11.7. The third kappa shape index (κ3) is 4.69. The number of nitrogens with one attached hydrogen (secondary N) is 1.